The number of likely N-dealkylation sites (tertiary alicyclic amines) is 1. The third-order valence-corrected chi connectivity index (χ3v) is 6.52. The van der Waals surface area contributed by atoms with E-state index in [2.05, 4.69) is 15.6 Å². The van der Waals surface area contributed by atoms with E-state index < -0.39 is 5.60 Å². The van der Waals surface area contributed by atoms with Gasteiger partial charge in [-0.15, -0.1) is 0 Å². The number of hydrogen-bond donors (Lipinski definition) is 3. The van der Waals surface area contributed by atoms with Gasteiger partial charge in [0.25, 0.3) is 5.91 Å². The quantitative estimate of drug-likeness (QED) is 0.638. The van der Waals surface area contributed by atoms with E-state index in [0.29, 0.717) is 48.8 Å². The maximum atomic E-state index is 12.9. The Balaban J connectivity index is 1.49. The van der Waals surface area contributed by atoms with Gasteiger partial charge >= 0.3 is 6.03 Å². The van der Waals surface area contributed by atoms with Crippen LogP contribution < -0.4 is 15.4 Å². The molecule has 1 aromatic carbocycles. The summed E-state index contributed by atoms with van der Waals surface area (Å²) in [6, 6.07) is 9.95. The average molecular weight is 459 g/mol. The molecule has 9 heteroatoms. The van der Waals surface area contributed by atoms with Crippen molar-refractivity contribution in [2.75, 3.05) is 25.5 Å². The van der Waals surface area contributed by atoms with Crippen LogP contribution in [0.5, 0.6) is 5.75 Å². The van der Waals surface area contributed by atoms with Crippen LogP contribution in [0.15, 0.2) is 42.6 Å². The number of amides is 3. The summed E-state index contributed by atoms with van der Waals surface area (Å²) in [6.45, 7) is 0.825. The van der Waals surface area contributed by atoms with E-state index >= 15 is 0 Å². The molecule has 2 heterocycles. The number of rotatable bonds is 5. The molecule has 3 N–H and O–H groups in total. The molecule has 1 aliphatic heterocycles. The van der Waals surface area contributed by atoms with Crippen molar-refractivity contribution in [1.29, 1.82) is 0 Å². The highest BCUT2D eigenvalue weighted by atomic mass is 35.5. The number of aliphatic hydroxyl groups is 1. The zero-order valence-corrected chi connectivity index (χ0v) is 18.6. The van der Waals surface area contributed by atoms with E-state index in [-0.39, 0.29) is 23.9 Å². The number of carbonyl (C=O) groups is 2. The van der Waals surface area contributed by atoms with Gasteiger partial charge < -0.3 is 25.4 Å². The molecule has 8 nitrogen and oxygen atoms in total. The molecule has 0 bridgehead atoms. The normalized spacial score (nSPS) is 21.9. The van der Waals surface area contributed by atoms with Gasteiger partial charge in [0, 0.05) is 41.5 Å². The van der Waals surface area contributed by atoms with Gasteiger partial charge in [0.05, 0.1) is 13.3 Å². The third kappa shape index (κ3) is 4.81. The monoisotopic (exact) mass is 458 g/mol. The Morgan fingerprint density at radius 1 is 1.22 bits per heavy atom. The Kier molecular flexibility index (Phi) is 6.53. The van der Waals surface area contributed by atoms with E-state index in [1.54, 1.807) is 42.5 Å². The van der Waals surface area contributed by atoms with Crippen LogP contribution in [0.4, 0.5) is 10.5 Å². The first kappa shape index (κ1) is 22.4. The summed E-state index contributed by atoms with van der Waals surface area (Å²) in [4.78, 5) is 31.8. The number of methoxy groups -OCH3 is 1. The number of benzene rings is 1. The van der Waals surface area contributed by atoms with E-state index in [1.807, 2.05) is 12.1 Å². The minimum atomic E-state index is -1.25. The second kappa shape index (κ2) is 9.34. The lowest BCUT2D eigenvalue weighted by Gasteiger charge is -2.44. The summed E-state index contributed by atoms with van der Waals surface area (Å²) in [5, 5.41) is 17.0. The fourth-order valence-electron chi connectivity index (χ4n) is 4.23. The van der Waals surface area contributed by atoms with Crippen molar-refractivity contribution in [1.82, 2.24) is 15.2 Å². The van der Waals surface area contributed by atoms with Gasteiger partial charge in [-0.1, -0.05) is 11.6 Å². The van der Waals surface area contributed by atoms with Crippen molar-refractivity contribution in [2.24, 2.45) is 0 Å². The molecule has 0 radical (unpaired) electrons. The molecular formula is C23H27ClN4O4. The van der Waals surface area contributed by atoms with Crippen LogP contribution >= 0.6 is 11.6 Å². The maximum Gasteiger partial charge on any atom is 0.319 e. The van der Waals surface area contributed by atoms with E-state index in [9.17, 15) is 14.7 Å². The number of anilines is 1. The summed E-state index contributed by atoms with van der Waals surface area (Å²) in [5.74, 6) is 0.177. The number of halogens is 1. The Bertz CT molecular complexity index is 963. The molecule has 4 rings (SSSR count). The van der Waals surface area contributed by atoms with Gasteiger partial charge in [0.1, 0.15) is 11.4 Å². The van der Waals surface area contributed by atoms with Crippen molar-refractivity contribution in [3.63, 3.8) is 0 Å². The summed E-state index contributed by atoms with van der Waals surface area (Å²) in [5.41, 5.74) is 0.135. The van der Waals surface area contributed by atoms with Gasteiger partial charge in [0.15, 0.2) is 0 Å². The number of hydrogen-bond acceptors (Lipinski definition) is 5. The van der Waals surface area contributed by atoms with Crippen LogP contribution in [0.3, 0.4) is 0 Å². The first-order chi connectivity index (χ1) is 15.4. The SMILES string of the molecule is COc1ccc([C@@H]2CN(C(=O)C3(O)CCC3)CC[C@H]2NC(=O)Nc2ccc(Cl)cc2)nc1. The number of carbonyl (C=O) groups excluding carboxylic acids is 2. The van der Waals surface area contributed by atoms with Crippen LogP contribution in [0.1, 0.15) is 37.3 Å². The molecule has 2 aliphatic rings. The number of aromatic nitrogens is 1. The van der Waals surface area contributed by atoms with Crippen molar-refractivity contribution < 1.29 is 19.4 Å². The summed E-state index contributed by atoms with van der Waals surface area (Å²) in [7, 11) is 1.57. The fraction of sp³-hybridized carbons (Fsp3) is 0.435. The Labute approximate surface area is 191 Å². The Hall–Kier alpha value is -2.84. The maximum absolute atomic E-state index is 12.9. The van der Waals surface area contributed by atoms with Crippen molar-refractivity contribution in [3.8, 4) is 5.75 Å². The molecule has 0 unspecified atom stereocenters. The molecule has 1 saturated heterocycles. The van der Waals surface area contributed by atoms with Crippen LogP contribution in [-0.4, -0.2) is 58.8 Å². The number of piperidine rings is 1. The molecule has 170 valence electrons. The number of nitrogens with zero attached hydrogens (tertiary/aromatic N) is 2. The fourth-order valence-corrected chi connectivity index (χ4v) is 4.36. The van der Waals surface area contributed by atoms with Gasteiger partial charge in [-0.25, -0.2) is 4.79 Å². The third-order valence-electron chi connectivity index (χ3n) is 6.27. The highest BCUT2D eigenvalue weighted by Gasteiger charge is 2.46. The smallest absolute Gasteiger partial charge is 0.319 e. The van der Waals surface area contributed by atoms with Crippen LogP contribution in [0.2, 0.25) is 5.02 Å². The molecule has 3 amide bonds. The van der Waals surface area contributed by atoms with Crippen LogP contribution in [-0.2, 0) is 4.79 Å². The number of ether oxygens (including phenoxy) is 1. The number of nitrogens with one attached hydrogen (secondary N) is 2. The number of urea groups is 1. The zero-order valence-electron chi connectivity index (χ0n) is 17.9. The van der Waals surface area contributed by atoms with E-state index in [4.69, 9.17) is 16.3 Å². The molecule has 0 spiro atoms. The van der Waals surface area contributed by atoms with Crippen molar-refractivity contribution in [2.45, 2.75) is 43.2 Å². The first-order valence-corrected chi connectivity index (χ1v) is 11.1. The van der Waals surface area contributed by atoms with Gasteiger partial charge in [-0.2, -0.15) is 0 Å². The minimum absolute atomic E-state index is 0.224. The number of pyridine rings is 1. The second-order valence-corrected chi connectivity index (χ2v) is 8.80. The lowest BCUT2D eigenvalue weighted by atomic mass is 9.78. The van der Waals surface area contributed by atoms with Crippen molar-refractivity contribution in [3.05, 3.63) is 53.3 Å². The molecule has 2 fully saturated rings. The second-order valence-electron chi connectivity index (χ2n) is 8.37. The molecule has 2 aromatic rings. The molecule has 32 heavy (non-hydrogen) atoms. The standard InChI is InChI=1S/C23H27ClN4O4/c1-32-17-7-8-19(25-13-17)18-14-28(21(29)23(31)10-2-11-23)12-9-20(18)27-22(30)26-16-5-3-15(24)4-6-16/h3-8,13,18,20,31H,2,9-12,14H2,1H3,(H2,26,27,30)/t18-,20+/m0/s1. The predicted octanol–water partition coefficient (Wildman–Crippen LogP) is 3.16. The van der Waals surface area contributed by atoms with Gasteiger partial charge in [-0.05, 0) is 62.1 Å². The lowest BCUT2D eigenvalue weighted by molar-refractivity contribution is -0.161. The molecule has 1 saturated carbocycles. The van der Waals surface area contributed by atoms with E-state index in [0.717, 1.165) is 12.1 Å². The average Bonchev–Trinajstić information content (AvgIpc) is 2.79. The first-order valence-electron chi connectivity index (χ1n) is 10.7. The summed E-state index contributed by atoms with van der Waals surface area (Å²) in [6.07, 6.45) is 4.03. The predicted molar refractivity (Wildman–Crippen MR) is 121 cm³/mol. The minimum Gasteiger partial charge on any atom is -0.495 e. The van der Waals surface area contributed by atoms with Crippen LogP contribution in [0.25, 0.3) is 0 Å². The van der Waals surface area contributed by atoms with Gasteiger partial charge in [-0.3, -0.25) is 9.78 Å². The zero-order chi connectivity index (χ0) is 22.7. The Morgan fingerprint density at radius 2 is 1.97 bits per heavy atom. The van der Waals surface area contributed by atoms with Crippen molar-refractivity contribution >= 4 is 29.2 Å². The molecule has 2 atom stereocenters. The van der Waals surface area contributed by atoms with Crippen LogP contribution in [0, 0.1) is 0 Å². The molecular weight excluding hydrogens is 432 g/mol. The van der Waals surface area contributed by atoms with E-state index in [1.165, 1.54) is 0 Å². The summed E-state index contributed by atoms with van der Waals surface area (Å²) < 4.78 is 5.20. The lowest BCUT2D eigenvalue weighted by Crippen LogP contribution is -2.58. The van der Waals surface area contributed by atoms with Gasteiger partial charge in [0.2, 0.25) is 0 Å². The topological polar surface area (TPSA) is 104 Å². The highest BCUT2D eigenvalue weighted by molar-refractivity contribution is 6.30. The Morgan fingerprint density at radius 3 is 2.56 bits per heavy atom. The summed E-state index contributed by atoms with van der Waals surface area (Å²) >= 11 is 5.90. The largest absolute Gasteiger partial charge is 0.495 e. The molecule has 1 aliphatic carbocycles. The molecule has 1 aromatic heterocycles. The highest BCUT2D eigenvalue weighted by Crippen LogP contribution is 2.36.